The number of furan rings is 1. The van der Waals surface area contributed by atoms with Crippen molar-refractivity contribution in [3.63, 3.8) is 0 Å². The number of hydrogen-bond donors (Lipinski definition) is 2. The van der Waals surface area contributed by atoms with Crippen LogP contribution in [0.5, 0.6) is 11.5 Å². The Labute approximate surface area is 128 Å². The number of nitrogens with one attached hydrogen (secondary N) is 1. The van der Waals surface area contributed by atoms with Gasteiger partial charge >= 0.3 is 0 Å². The molecule has 0 radical (unpaired) electrons. The van der Waals surface area contributed by atoms with Crippen LogP contribution in [0.25, 0.3) is 0 Å². The minimum Gasteiger partial charge on any atom is -0.504 e. The molecule has 2 rings (SSSR count). The summed E-state index contributed by atoms with van der Waals surface area (Å²) in [6.07, 6.45) is 0. The molecule has 0 saturated carbocycles. The van der Waals surface area contributed by atoms with Crippen LogP contribution >= 0.6 is 0 Å². The zero-order valence-corrected chi connectivity index (χ0v) is 12.9. The number of methoxy groups -OCH3 is 1. The monoisotopic (exact) mass is 302 g/mol. The molecule has 0 bridgehead atoms. The zero-order chi connectivity index (χ0) is 16.3. The molecule has 0 fully saturated rings. The molecule has 1 aromatic carbocycles. The summed E-state index contributed by atoms with van der Waals surface area (Å²) in [4.78, 5) is 12.0. The molecule has 0 spiro atoms. The SMILES string of the molecule is COc1cc(C(C)=NNC(=O)c2cc(C)oc2C)ccc1O. The highest BCUT2D eigenvalue weighted by Crippen LogP contribution is 2.26. The van der Waals surface area contributed by atoms with Crippen molar-refractivity contribution in [1.82, 2.24) is 5.43 Å². The van der Waals surface area contributed by atoms with E-state index in [9.17, 15) is 9.90 Å². The van der Waals surface area contributed by atoms with Gasteiger partial charge in [0.1, 0.15) is 11.5 Å². The van der Waals surface area contributed by atoms with Crippen LogP contribution in [-0.2, 0) is 0 Å². The summed E-state index contributed by atoms with van der Waals surface area (Å²) < 4.78 is 10.4. The van der Waals surface area contributed by atoms with Crippen molar-refractivity contribution in [1.29, 1.82) is 0 Å². The smallest absolute Gasteiger partial charge is 0.274 e. The van der Waals surface area contributed by atoms with Crippen LogP contribution in [0.15, 0.2) is 33.8 Å². The van der Waals surface area contributed by atoms with Gasteiger partial charge in [-0.3, -0.25) is 4.79 Å². The maximum Gasteiger partial charge on any atom is 0.274 e. The number of hydrogen-bond acceptors (Lipinski definition) is 5. The lowest BCUT2D eigenvalue weighted by atomic mass is 10.1. The highest BCUT2D eigenvalue weighted by atomic mass is 16.5. The minimum absolute atomic E-state index is 0.0487. The molecule has 0 saturated heterocycles. The molecule has 0 aliphatic rings. The van der Waals surface area contributed by atoms with Gasteiger partial charge in [0.2, 0.25) is 0 Å². The van der Waals surface area contributed by atoms with Crippen molar-refractivity contribution >= 4 is 11.6 Å². The van der Waals surface area contributed by atoms with E-state index in [2.05, 4.69) is 10.5 Å². The van der Waals surface area contributed by atoms with Gasteiger partial charge in [0, 0.05) is 5.56 Å². The summed E-state index contributed by atoms with van der Waals surface area (Å²) in [7, 11) is 1.47. The molecule has 1 heterocycles. The van der Waals surface area contributed by atoms with E-state index in [-0.39, 0.29) is 11.7 Å². The standard InChI is InChI=1S/C16H18N2O4/c1-9-7-13(11(3)22-9)16(20)18-17-10(2)12-5-6-14(19)15(8-12)21-4/h5-8,19H,1-4H3,(H,18,20). The van der Waals surface area contributed by atoms with Gasteiger partial charge in [0.15, 0.2) is 11.5 Å². The Hall–Kier alpha value is -2.76. The van der Waals surface area contributed by atoms with Gasteiger partial charge < -0.3 is 14.3 Å². The number of phenols is 1. The van der Waals surface area contributed by atoms with E-state index in [4.69, 9.17) is 9.15 Å². The van der Waals surface area contributed by atoms with E-state index in [1.807, 2.05) is 0 Å². The fourth-order valence-corrected chi connectivity index (χ4v) is 2.02. The minimum atomic E-state index is -0.334. The van der Waals surface area contributed by atoms with Gasteiger partial charge in [0.25, 0.3) is 5.91 Å². The third-order valence-corrected chi connectivity index (χ3v) is 3.21. The summed E-state index contributed by atoms with van der Waals surface area (Å²) in [6.45, 7) is 5.25. The quantitative estimate of drug-likeness (QED) is 0.672. The molecular weight excluding hydrogens is 284 g/mol. The van der Waals surface area contributed by atoms with Crippen LogP contribution in [0.4, 0.5) is 0 Å². The molecule has 0 unspecified atom stereocenters. The van der Waals surface area contributed by atoms with E-state index >= 15 is 0 Å². The first-order chi connectivity index (χ1) is 10.4. The molecule has 1 amide bonds. The molecule has 2 N–H and O–H groups in total. The Kier molecular flexibility index (Phi) is 4.50. The van der Waals surface area contributed by atoms with Crippen LogP contribution in [-0.4, -0.2) is 23.8 Å². The van der Waals surface area contributed by atoms with E-state index in [0.29, 0.717) is 28.5 Å². The molecule has 116 valence electrons. The first-order valence-corrected chi connectivity index (χ1v) is 6.71. The maximum atomic E-state index is 12.0. The second-order valence-corrected chi connectivity index (χ2v) is 4.85. The number of carbonyl (C=O) groups excluding carboxylic acids is 1. The summed E-state index contributed by atoms with van der Waals surface area (Å²) in [6, 6.07) is 6.52. The van der Waals surface area contributed by atoms with E-state index in [1.165, 1.54) is 13.2 Å². The van der Waals surface area contributed by atoms with Gasteiger partial charge in [-0.05, 0) is 45.0 Å². The second kappa shape index (κ2) is 6.34. The summed E-state index contributed by atoms with van der Waals surface area (Å²) in [5, 5.41) is 13.6. The predicted octanol–water partition coefficient (Wildman–Crippen LogP) is 2.76. The number of amides is 1. The Bertz CT molecular complexity index is 732. The third-order valence-electron chi connectivity index (χ3n) is 3.21. The van der Waals surface area contributed by atoms with Crippen LogP contribution in [0.2, 0.25) is 0 Å². The highest BCUT2D eigenvalue weighted by molar-refractivity contribution is 6.01. The first-order valence-electron chi connectivity index (χ1n) is 6.71. The largest absolute Gasteiger partial charge is 0.504 e. The van der Waals surface area contributed by atoms with Crippen molar-refractivity contribution in [3.05, 3.63) is 46.9 Å². The second-order valence-electron chi connectivity index (χ2n) is 4.85. The predicted molar refractivity (Wildman–Crippen MR) is 82.5 cm³/mol. The average Bonchev–Trinajstić information content (AvgIpc) is 2.83. The topological polar surface area (TPSA) is 84.1 Å². The molecule has 6 nitrogen and oxygen atoms in total. The van der Waals surface area contributed by atoms with Crippen LogP contribution in [0, 0.1) is 13.8 Å². The van der Waals surface area contributed by atoms with Gasteiger partial charge in [-0.25, -0.2) is 5.43 Å². The number of aromatic hydroxyl groups is 1. The molecule has 2 aromatic rings. The first kappa shape index (κ1) is 15.6. The van der Waals surface area contributed by atoms with Crippen LogP contribution < -0.4 is 10.2 Å². The number of nitrogens with zero attached hydrogens (tertiary/aromatic N) is 1. The van der Waals surface area contributed by atoms with E-state index in [1.54, 1.807) is 39.0 Å². The molecule has 0 atom stereocenters. The van der Waals surface area contributed by atoms with E-state index in [0.717, 1.165) is 5.56 Å². The molecule has 6 heteroatoms. The lowest BCUT2D eigenvalue weighted by Gasteiger charge is -2.06. The number of rotatable bonds is 4. The summed E-state index contributed by atoms with van der Waals surface area (Å²) >= 11 is 0. The van der Waals surface area contributed by atoms with Crippen molar-refractivity contribution in [2.75, 3.05) is 7.11 Å². The molecule has 0 aliphatic heterocycles. The Morgan fingerprint density at radius 1 is 1.32 bits per heavy atom. The molecule has 1 aromatic heterocycles. The lowest BCUT2D eigenvalue weighted by molar-refractivity contribution is 0.0953. The van der Waals surface area contributed by atoms with Gasteiger partial charge in [0.05, 0.1) is 18.4 Å². The Morgan fingerprint density at radius 3 is 2.64 bits per heavy atom. The summed E-state index contributed by atoms with van der Waals surface area (Å²) in [5.74, 6) is 1.28. The number of hydrazone groups is 1. The van der Waals surface area contributed by atoms with Crippen molar-refractivity contribution in [2.24, 2.45) is 5.10 Å². The van der Waals surface area contributed by atoms with Crippen molar-refractivity contribution in [3.8, 4) is 11.5 Å². The number of phenolic OH excluding ortho intramolecular Hbond substituents is 1. The number of ether oxygens (including phenoxy) is 1. The Balaban J connectivity index is 2.16. The van der Waals surface area contributed by atoms with Crippen molar-refractivity contribution in [2.45, 2.75) is 20.8 Å². The molecular formula is C16H18N2O4. The maximum absolute atomic E-state index is 12.0. The fraction of sp³-hybridized carbons (Fsp3) is 0.250. The third kappa shape index (κ3) is 3.28. The molecule has 22 heavy (non-hydrogen) atoms. The highest BCUT2D eigenvalue weighted by Gasteiger charge is 2.13. The fourth-order valence-electron chi connectivity index (χ4n) is 2.02. The van der Waals surface area contributed by atoms with E-state index < -0.39 is 0 Å². The Morgan fingerprint density at radius 2 is 2.05 bits per heavy atom. The average molecular weight is 302 g/mol. The van der Waals surface area contributed by atoms with Gasteiger partial charge in [-0.1, -0.05) is 0 Å². The van der Waals surface area contributed by atoms with Crippen molar-refractivity contribution < 1.29 is 19.1 Å². The number of benzene rings is 1. The lowest BCUT2D eigenvalue weighted by Crippen LogP contribution is -2.19. The number of carbonyl (C=O) groups is 1. The van der Waals surface area contributed by atoms with Gasteiger partial charge in [-0.2, -0.15) is 5.10 Å². The molecule has 0 aliphatic carbocycles. The van der Waals surface area contributed by atoms with Gasteiger partial charge in [-0.15, -0.1) is 0 Å². The summed E-state index contributed by atoms with van der Waals surface area (Å²) in [5.41, 5.74) is 4.26. The van der Waals surface area contributed by atoms with Crippen LogP contribution in [0.3, 0.4) is 0 Å². The zero-order valence-electron chi connectivity index (χ0n) is 12.9. The number of aryl methyl sites for hydroxylation is 2. The van der Waals surface area contributed by atoms with Crippen LogP contribution in [0.1, 0.15) is 34.4 Å². The normalized spacial score (nSPS) is 11.4.